The largest absolute Gasteiger partial charge is 0.359 e. The maximum Gasteiger partial charge on any atom is 0.220 e. The number of aliphatic imine (C=N–C) groups is 1. The van der Waals surface area contributed by atoms with Crippen LogP contribution < -0.4 is 10.6 Å². The van der Waals surface area contributed by atoms with Gasteiger partial charge in [0, 0.05) is 43.5 Å². The second-order valence-corrected chi connectivity index (χ2v) is 8.31. The molecule has 0 spiro atoms. The minimum absolute atomic E-state index is 0.0941. The summed E-state index contributed by atoms with van der Waals surface area (Å²) in [7, 11) is 1.70. The van der Waals surface area contributed by atoms with Gasteiger partial charge in [0.1, 0.15) is 0 Å². The van der Waals surface area contributed by atoms with Crippen LogP contribution in [0.15, 0.2) is 29.3 Å². The van der Waals surface area contributed by atoms with Gasteiger partial charge in [0.25, 0.3) is 0 Å². The van der Waals surface area contributed by atoms with Crippen LogP contribution in [-0.4, -0.2) is 50.0 Å². The van der Waals surface area contributed by atoms with Gasteiger partial charge >= 0.3 is 0 Å². The zero-order valence-electron chi connectivity index (χ0n) is 17.0. The predicted molar refractivity (Wildman–Crippen MR) is 113 cm³/mol. The number of hydrogen-bond acceptors (Lipinski definition) is 2. The van der Waals surface area contributed by atoms with Crippen molar-refractivity contribution in [1.82, 2.24) is 15.5 Å². The van der Waals surface area contributed by atoms with Gasteiger partial charge in [0.15, 0.2) is 5.96 Å². The van der Waals surface area contributed by atoms with E-state index in [0.717, 1.165) is 43.5 Å². The molecule has 150 valence electrons. The molecule has 0 aromatic heterocycles. The first-order chi connectivity index (χ1) is 12.9. The van der Waals surface area contributed by atoms with Crippen LogP contribution in [-0.2, 0) is 10.2 Å². The Hall–Kier alpha value is -1.75. The number of rotatable bonds is 6. The lowest BCUT2D eigenvalue weighted by Gasteiger charge is -2.34. The fraction of sp³-hybridized carbons (Fsp3) is 0.619. The predicted octanol–water partition coefficient (Wildman–Crippen LogP) is 3.43. The maximum absolute atomic E-state index is 11.6. The third-order valence-corrected chi connectivity index (χ3v) is 5.47. The number of amides is 1. The molecule has 27 heavy (non-hydrogen) atoms. The second-order valence-electron chi connectivity index (χ2n) is 7.87. The molecule has 1 heterocycles. The third-order valence-electron chi connectivity index (χ3n) is 5.23. The summed E-state index contributed by atoms with van der Waals surface area (Å²) in [5.74, 6) is 1.57. The SMILES string of the molecule is CCNC(=NCC(C)(C)c1cccc(Cl)c1)N1CCC(CC(=O)NC)CC1. The fourth-order valence-corrected chi connectivity index (χ4v) is 3.60. The van der Waals surface area contributed by atoms with E-state index in [1.54, 1.807) is 7.05 Å². The Balaban J connectivity index is 2.01. The number of carbonyl (C=O) groups is 1. The molecule has 0 aliphatic carbocycles. The van der Waals surface area contributed by atoms with Gasteiger partial charge in [-0.2, -0.15) is 0 Å². The lowest BCUT2D eigenvalue weighted by Crippen LogP contribution is -2.46. The zero-order chi connectivity index (χ0) is 19.9. The van der Waals surface area contributed by atoms with Crippen LogP contribution in [0.1, 0.15) is 45.6 Å². The molecular formula is C21H33ClN4O. The van der Waals surface area contributed by atoms with Crippen molar-refractivity contribution in [2.45, 2.75) is 45.4 Å². The van der Waals surface area contributed by atoms with Gasteiger partial charge in [0.2, 0.25) is 5.91 Å². The minimum atomic E-state index is -0.0941. The monoisotopic (exact) mass is 392 g/mol. The van der Waals surface area contributed by atoms with E-state index in [-0.39, 0.29) is 11.3 Å². The highest BCUT2D eigenvalue weighted by molar-refractivity contribution is 6.30. The molecule has 1 saturated heterocycles. The number of carbonyl (C=O) groups excluding carboxylic acids is 1. The van der Waals surface area contributed by atoms with E-state index in [9.17, 15) is 4.79 Å². The van der Waals surface area contributed by atoms with Crippen LogP contribution in [0.2, 0.25) is 5.02 Å². The molecule has 0 saturated carbocycles. The third kappa shape index (κ3) is 6.42. The quantitative estimate of drug-likeness (QED) is 0.576. The number of hydrogen-bond donors (Lipinski definition) is 2. The summed E-state index contributed by atoms with van der Waals surface area (Å²) in [5.41, 5.74) is 1.10. The van der Waals surface area contributed by atoms with E-state index >= 15 is 0 Å². The highest BCUT2D eigenvalue weighted by Gasteiger charge is 2.25. The molecule has 6 heteroatoms. The minimum Gasteiger partial charge on any atom is -0.359 e. The van der Waals surface area contributed by atoms with Crippen molar-refractivity contribution in [2.24, 2.45) is 10.9 Å². The molecule has 5 nitrogen and oxygen atoms in total. The summed E-state index contributed by atoms with van der Waals surface area (Å²) < 4.78 is 0. The van der Waals surface area contributed by atoms with Crippen LogP contribution in [0.4, 0.5) is 0 Å². The van der Waals surface area contributed by atoms with Crippen LogP contribution >= 0.6 is 11.6 Å². The Bertz CT molecular complexity index is 651. The van der Waals surface area contributed by atoms with Crippen molar-refractivity contribution < 1.29 is 4.79 Å². The van der Waals surface area contributed by atoms with Gasteiger partial charge in [-0.05, 0) is 43.4 Å². The van der Waals surface area contributed by atoms with Gasteiger partial charge in [-0.3, -0.25) is 9.79 Å². The molecule has 1 fully saturated rings. The van der Waals surface area contributed by atoms with Crippen molar-refractivity contribution in [3.63, 3.8) is 0 Å². The normalized spacial score (nSPS) is 16.3. The number of likely N-dealkylation sites (tertiary alicyclic amines) is 1. The number of nitrogens with one attached hydrogen (secondary N) is 2. The van der Waals surface area contributed by atoms with Crippen molar-refractivity contribution in [3.05, 3.63) is 34.9 Å². The van der Waals surface area contributed by atoms with Gasteiger partial charge in [-0.15, -0.1) is 0 Å². The van der Waals surface area contributed by atoms with Crippen LogP contribution in [0.5, 0.6) is 0 Å². The molecule has 0 unspecified atom stereocenters. The Kier molecular flexibility index (Phi) is 7.96. The zero-order valence-corrected chi connectivity index (χ0v) is 17.8. The van der Waals surface area contributed by atoms with Crippen molar-refractivity contribution in [3.8, 4) is 0 Å². The molecule has 1 aromatic carbocycles. The standard InChI is InChI=1S/C21H33ClN4O/c1-5-24-20(26-11-9-16(10-12-26)13-19(27)23-4)25-15-21(2,3)17-7-6-8-18(22)14-17/h6-8,14,16H,5,9-13,15H2,1-4H3,(H,23,27)(H,24,25). The summed E-state index contributed by atoms with van der Waals surface area (Å²) in [5, 5.41) is 6.91. The maximum atomic E-state index is 11.6. The lowest BCUT2D eigenvalue weighted by molar-refractivity contribution is -0.121. The molecule has 2 rings (SSSR count). The van der Waals surface area contributed by atoms with Gasteiger partial charge in [-0.25, -0.2) is 0 Å². The Morgan fingerprint density at radius 2 is 2.04 bits per heavy atom. The molecule has 1 amide bonds. The average molecular weight is 393 g/mol. The highest BCUT2D eigenvalue weighted by Crippen LogP contribution is 2.26. The van der Waals surface area contributed by atoms with E-state index < -0.39 is 0 Å². The summed E-state index contributed by atoms with van der Waals surface area (Å²) in [4.78, 5) is 18.8. The van der Waals surface area contributed by atoms with E-state index in [1.807, 2.05) is 18.2 Å². The van der Waals surface area contributed by atoms with Gasteiger partial charge in [0.05, 0.1) is 6.54 Å². The molecule has 1 aliphatic heterocycles. The first kappa shape index (κ1) is 21.5. The van der Waals surface area contributed by atoms with E-state index in [0.29, 0.717) is 18.9 Å². The first-order valence-corrected chi connectivity index (χ1v) is 10.2. The molecule has 0 bridgehead atoms. The molecule has 2 N–H and O–H groups in total. The van der Waals surface area contributed by atoms with E-state index in [2.05, 4.69) is 42.4 Å². The summed E-state index contributed by atoms with van der Waals surface area (Å²) in [6.07, 6.45) is 2.67. The van der Waals surface area contributed by atoms with E-state index in [4.69, 9.17) is 16.6 Å². The lowest BCUT2D eigenvalue weighted by atomic mass is 9.85. The molecule has 0 atom stereocenters. The topological polar surface area (TPSA) is 56.7 Å². The van der Waals surface area contributed by atoms with Crippen molar-refractivity contribution >= 4 is 23.5 Å². The summed E-state index contributed by atoms with van der Waals surface area (Å²) in [6, 6.07) is 8.02. The Morgan fingerprint density at radius 1 is 1.33 bits per heavy atom. The van der Waals surface area contributed by atoms with Crippen molar-refractivity contribution in [2.75, 3.05) is 33.2 Å². The van der Waals surface area contributed by atoms with Crippen LogP contribution in [0.3, 0.4) is 0 Å². The van der Waals surface area contributed by atoms with Crippen LogP contribution in [0.25, 0.3) is 0 Å². The van der Waals surface area contributed by atoms with Gasteiger partial charge in [-0.1, -0.05) is 37.6 Å². The summed E-state index contributed by atoms with van der Waals surface area (Å²) >= 11 is 6.16. The second kappa shape index (κ2) is 9.98. The number of benzene rings is 1. The van der Waals surface area contributed by atoms with Crippen molar-refractivity contribution in [1.29, 1.82) is 0 Å². The Labute approximate surface area is 168 Å². The smallest absolute Gasteiger partial charge is 0.220 e. The highest BCUT2D eigenvalue weighted by atomic mass is 35.5. The number of halogens is 1. The van der Waals surface area contributed by atoms with Gasteiger partial charge < -0.3 is 15.5 Å². The molecule has 1 aromatic rings. The number of nitrogens with zero attached hydrogens (tertiary/aromatic N) is 2. The average Bonchev–Trinajstić information content (AvgIpc) is 2.66. The number of guanidine groups is 1. The number of piperidine rings is 1. The summed E-state index contributed by atoms with van der Waals surface area (Å²) in [6.45, 7) is 9.89. The fourth-order valence-electron chi connectivity index (χ4n) is 3.41. The Morgan fingerprint density at radius 3 is 2.63 bits per heavy atom. The van der Waals surface area contributed by atoms with Crippen LogP contribution in [0, 0.1) is 5.92 Å². The first-order valence-electron chi connectivity index (χ1n) is 9.85. The van der Waals surface area contributed by atoms with E-state index in [1.165, 1.54) is 5.56 Å². The molecule has 0 radical (unpaired) electrons. The molecular weight excluding hydrogens is 360 g/mol. The molecule has 1 aliphatic rings.